The average molecular weight is 280 g/mol. The van der Waals surface area contributed by atoms with Crippen molar-refractivity contribution in [2.24, 2.45) is 0 Å². The van der Waals surface area contributed by atoms with Gasteiger partial charge in [0.2, 0.25) is 0 Å². The first-order chi connectivity index (χ1) is 9.31. The fraction of sp³-hybridized carbons (Fsp3) is 0.400. The van der Waals surface area contributed by atoms with Crippen molar-refractivity contribution in [3.05, 3.63) is 35.0 Å². The highest BCUT2D eigenvalue weighted by Crippen LogP contribution is 2.39. The molecule has 0 aliphatic heterocycles. The fourth-order valence-corrected chi connectivity index (χ4v) is 2.60. The third-order valence-electron chi connectivity index (χ3n) is 3.65. The van der Waals surface area contributed by atoms with Crippen LogP contribution in [0.5, 0.6) is 0 Å². The molecule has 0 spiro atoms. The first-order valence-corrected chi connectivity index (χ1v) is 6.43. The van der Waals surface area contributed by atoms with Crippen LogP contribution in [-0.2, 0) is 6.18 Å². The monoisotopic (exact) mass is 280 g/mol. The van der Waals surface area contributed by atoms with Gasteiger partial charge >= 0.3 is 6.18 Å². The number of alkyl halides is 3. The summed E-state index contributed by atoms with van der Waals surface area (Å²) in [6, 6.07) is 6.12. The molecule has 5 heteroatoms. The van der Waals surface area contributed by atoms with E-state index in [9.17, 15) is 13.2 Å². The van der Waals surface area contributed by atoms with Crippen molar-refractivity contribution in [2.45, 2.75) is 39.4 Å². The second-order valence-electron chi connectivity index (χ2n) is 4.94. The largest absolute Gasteiger partial charge is 0.418 e. The molecular formula is C15H15F3N2. The highest BCUT2D eigenvalue weighted by molar-refractivity contribution is 5.87. The van der Waals surface area contributed by atoms with Gasteiger partial charge in [0.15, 0.2) is 0 Å². The van der Waals surface area contributed by atoms with E-state index in [1.165, 1.54) is 12.1 Å². The van der Waals surface area contributed by atoms with Gasteiger partial charge in [0, 0.05) is 22.6 Å². The van der Waals surface area contributed by atoms with Crippen molar-refractivity contribution in [3.63, 3.8) is 0 Å². The zero-order valence-electron chi connectivity index (χ0n) is 11.5. The van der Waals surface area contributed by atoms with Crippen molar-refractivity contribution in [1.82, 2.24) is 4.57 Å². The minimum Gasteiger partial charge on any atom is -0.342 e. The lowest BCUT2D eigenvalue weighted by Gasteiger charge is -2.16. The predicted molar refractivity (Wildman–Crippen MR) is 71.4 cm³/mol. The highest BCUT2D eigenvalue weighted by Gasteiger charge is 2.36. The van der Waals surface area contributed by atoms with Gasteiger partial charge in [-0.3, -0.25) is 0 Å². The van der Waals surface area contributed by atoms with E-state index in [0.717, 1.165) is 12.1 Å². The standard InChI is InChI=1S/C15H15F3N2/c1-4-9(2)20-10(3)7-12-13(20)6-5-11(8-19)14(12)15(16,17)18/h5-7,9H,4H2,1-3H3. The molecule has 0 radical (unpaired) electrons. The maximum Gasteiger partial charge on any atom is 0.418 e. The number of nitrogens with zero attached hydrogens (tertiary/aromatic N) is 2. The van der Waals surface area contributed by atoms with E-state index in [1.54, 1.807) is 19.1 Å². The van der Waals surface area contributed by atoms with E-state index in [4.69, 9.17) is 5.26 Å². The number of nitriles is 1. The summed E-state index contributed by atoms with van der Waals surface area (Å²) in [7, 11) is 0. The molecule has 1 heterocycles. The smallest absolute Gasteiger partial charge is 0.342 e. The van der Waals surface area contributed by atoms with Crippen LogP contribution in [-0.4, -0.2) is 4.57 Å². The molecule has 20 heavy (non-hydrogen) atoms. The molecule has 0 saturated heterocycles. The third kappa shape index (κ3) is 2.15. The van der Waals surface area contributed by atoms with Crippen LogP contribution in [0.15, 0.2) is 18.2 Å². The van der Waals surface area contributed by atoms with Crippen LogP contribution in [0, 0.1) is 18.3 Å². The SMILES string of the molecule is CCC(C)n1c(C)cc2c(C(F)(F)F)c(C#N)ccc21. The Kier molecular flexibility index (Phi) is 3.51. The molecule has 0 N–H and O–H groups in total. The van der Waals surface area contributed by atoms with Crippen LogP contribution in [0.4, 0.5) is 13.2 Å². The van der Waals surface area contributed by atoms with Crippen molar-refractivity contribution in [2.75, 3.05) is 0 Å². The molecule has 106 valence electrons. The molecule has 0 bridgehead atoms. The number of hydrogen-bond acceptors (Lipinski definition) is 1. The minimum atomic E-state index is -4.53. The van der Waals surface area contributed by atoms with Gasteiger partial charge in [0.05, 0.1) is 17.2 Å². The van der Waals surface area contributed by atoms with Crippen LogP contribution in [0.3, 0.4) is 0 Å². The van der Waals surface area contributed by atoms with Crippen LogP contribution in [0.1, 0.15) is 43.1 Å². The van der Waals surface area contributed by atoms with Gasteiger partial charge in [-0.2, -0.15) is 18.4 Å². The normalized spacial score (nSPS) is 13.4. The molecule has 0 aliphatic rings. The quantitative estimate of drug-likeness (QED) is 0.776. The fourth-order valence-electron chi connectivity index (χ4n) is 2.60. The van der Waals surface area contributed by atoms with E-state index in [2.05, 4.69) is 0 Å². The van der Waals surface area contributed by atoms with Crippen molar-refractivity contribution >= 4 is 10.9 Å². The molecule has 0 amide bonds. The molecule has 1 atom stereocenters. The van der Waals surface area contributed by atoms with Crippen LogP contribution < -0.4 is 0 Å². The highest BCUT2D eigenvalue weighted by atomic mass is 19.4. The van der Waals surface area contributed by atoms with Gasteiger partial charge in [0.25, 0.3) is 0 Å². The summed E-state index contributed by atoms with van der Waals surface area (Å²) >= 11 is 0. The second-order valence-corrected chi connectivity index (χ2v) is 4.94. The van der Waals surface area contributed by atoms with E-state index in [0.29, 0.717) is 5.52 Å². The maximum absolute atomic E-state index is 13.2. The molecule has 2 rings (SSSR count). The van der Waals surface area contributed by atoms with Crippen LogP contribution in [0.2, 0.25) is 0 Å². The molecule has 1 aromatic carbocycles. The van der Waals surface area contributed by atoms with Gasteiger partial charge in [-0.15, -0.1) is 0 Å². The average Bonchev–Trinajstić information content (AvgIpc) is 2.70. The minimum absolute atomic E-state index is 0.106. The first kappa shape index (κ1) is 14.4. The topological polar surface area (TPSA) is 28.7 Å². The summed E-state index contributed by atoms with van der Waals surface area (Å²) in [6.07, 6.45) is -3.70. The van der Waals surface area contributed by atoms with Gasteiger partial charge in [0.1, 0.15) is 0 Å². The molecule has 0 aliphatic carbocycles. The maximum atomic E-state index is 13.2. The van der Waals surface area contributed by atoms with Crippen molar-refractivity contribution in [1.29, 1.82) is 5.26 Å². The zero-order chi connectivity index (χ0) is 15.1. The molecule has 2 aromatic rings. The van der Waals surface area contributed by atoms with Gasteiger partial charge < -0.3 is 4.57 Å². The Balaban J connectivity index is 2.88. The Morgan fingerprint density at radius 2 is 2.00 bits per heavy atom. The van der Waals surface area contributed by atoms with Gasteiger partial charge in [-0.05, 0) is 38.5 Å². The number of aryl methyl sites for hydroxylation is 1. The predicted octanol–water partition coefficient (Wildman–Crippen LogP) is 4.81. The van der Waals surface area contributed by atoms with Gasteiger partial charge in [-0.25, -0.2) is 0 Å². The molecule has 0 fully saturated rings. The summed E-state index contributed by atoms with van der Waals surface area (Å²) in [5.41, 5.74) is 0.145. The number of aromatic nitrogens is 1. The Morgan fingerprint density at radius 3 is 2.50 bits per heavy atom. The Bertz CT molecular complexity index is 690. The number of hydrogen-bond donors (Lipinski definition) is 0. The Labute approximate surface area is 115 Å². The molecule has 2 nitrogen and oxygen atoms in total. The lowest BCUT2D eigenvalue weighted by molar-refractivity contribution is -0.136. The first-order valence-electron chi connectivity index (χ1n) is 6.43. The van der Waals surface area contributed by atoms with Crippen molar-refractivity contribution < 1.29 is 13.2 Å². The summed E-state index contributed by atoms with van der Waals surface area (Å²) in [5.74, 6) is 0. The molecule has 1 aromatic heterocycles. The summed E-state index contributed by atoms with van der Waals surface area (Å²) in [5, 5.41) is 9.02. The Hall–Kier alpha value is -1.96. The second kappa shape index (κ2) is 4.86. The third-order valence-corrected chi connectivity index (χ3v) is 3.65. The van der Waals surface area contributed by atoms with E-state index in [-0.39, 0.29) is 17.0 Å². The molecule has 1 unspecified atom stereocenters. The van der Waals surface area contributed by atoms with Crippen molar-refractivity contribution in [3.8, 4) is 6.07 Å². The summed E-state index contributed by atoms with van der Waals surface area (Å²) in [4.78, 5) is 0. The number of halogens is 3. The lowest BCUT2D eigenvalue weighted by Crippen LogP contribution is -2.09. The number of benzene rings is 1. The van der Waals surface area contributed by atoms with Crippen LogP contribution >= 0.6 is 0 Å². The van der Waals surface area contributed by atoms with Crippen LogP contribution in [0.25, 0.3) is 10.9 Å². The molecule has 0 saturated carbocycles. The molecular weight excluding hydrogens is 265 g/mol. The summed E-state index contributed by atoms with van der Waals surface area (Å²) in [6.45, 7) is 5.75. The van der Waals surface area contributed by atoms with E-state index in [1.807, 2.05) is 18.4 Å². The number of fused-ring (bicyclic) bond motifs is 1. The Morgan fingerprint density at radius 1 is 1.35 bits per heavy atom. The number of rotatable bonds is 2. The van der Waals surface area contributed by atoms with E-state index < -0.39 is 11.7 Å². The zero-order valence-corrected chi connectivity index (χ0v) is 11.5. The summed E-state index contributed by atoms with van der Waals surface area (Å²) < 4.78 is 41.6. The lowest BCUT2D eigenvalue weighted by atomic mass is 10.0. The van der Waals surface area contributed by atoms with Gasteiger partial charge in [-0.1, -0.05) is 6.92 Å². The van der Waals surface area contributed by atoms with E-state index >= 15 is 0 Å².